The number of rotatable bonds is 6. The lowest BCUT2D eigenvalue weighted by atomic mass is 9.87. The Morgan fingerprint density at radius 1 is 1.07 bits per heavy atom. The van der Waals surface area contributed by atoms with E-state index in [1.165, 1.54) is 0 Å². The van der Waals surface area contributed by atoms with Gasteiger partial charge in [0, 0.05) is 40.4 Å². The number of benzene rings is 3. The van der Waals surface area contributed by atoms with Gasteiger partial charge in [0.1, 0.15) is 0 Å². The number of carboxylic acids is 1. The Labute approximate surface area is 239 Å². The van der Waals surface area contributed by atoms with Crippen LogP contribution in [0.4, 0.5) is 11.4 Å². The zero-order valence-electron chi connectivity index (χ0n) is 23.4. The van der Waals surface area contributed by atoms with Gasteiger partial charge in [-0.2, -0.15) is 0 Å². The van der Waals surface area contributed by atoms with E-state index in [1.807, 2.05) is 65.0 Å². The number of hydrogen-bond acceptors (Lipinski definition) is 4. The van der Waals surface area contributed by atoms with Crippen molar-refractivity contribution in [1.29, 1.82) is 0 Å². The van der Waals surface area contributed by atoms with Gasteiger partial charge in [-0.3, -0.25) is 4.79 Å². The summed E-state index contributed by atoms with van der Waals surface area (Å²) < 4.78 is 8.42. The molecule has 4 aromatic rings. The monoisotopic (exact) mass is 559 g/mol. The highest BCUT2D eigenvalue weighted by Crippen LogP contribution is 2.48. The number of nitrogens with two attached hydrogens (primary N) is 1. The lowest BCUT2D eigenvalue weighted by Crippen LogP contribution is -2.39. The van der Waals surface area contributed by atoms with E-state index in [0.717, 1.165) is 33.3 Å². The van der Waals surface area contributed by atoms with Crippen LogP contribution in [0.3, 0.4) is 0 Å². The second kappa shape index (κ2) is 10.3. The molecule has 1 atom stereocenters. The van der Waals surface area contributed by atoms with Crippen molar-refractivity contribution in [3.05, 3.63) is 82.0 Å². The molecule has 1 aromatic heterocycles. The van der Waals surface area contributed by atoms with Crippen LogP contribution in [0.25, 0.3) is 22.0 Å². The van der Waals surface area contributed by atoms with Gasteiger partial charge in [0.25, 0.3) is 0 Å². The molecule has 0 spiro atoms. The number of nitrogens with zero attached hydrogens (tertiary/aromatic N) is 2. The third-order valence-corrected chi connectivity index (χ3v) is 7.68. The minimum absolute atomic E-state index is 0.0961. The number of halogens is 1. The Bertz CT molecular complexity index is 1630. The molecule has 0 unspecified atom stereocenters. The predicted molar refractivity (Wildman–Crippen MR) is 160 cm³/mol. The Kier molecular flexibility index (Phi) is 7.15. The SMILES string of the molecule is Cc1c([C@H](OC(C)(C)C)C(=O)O)c(-c2ccc(Cl)cc2)c2cc(C)n3c2c1N(C(=O)Cc1ccccc1N)CC3. The largest absolute Gasteiger partial charge is 0.479 e. The summed E-state index contributed by atoms with van der Waals surface area (Å²) in [7, 11) is 0. The number of aliphatic carboxylic acids is 1. The zero-order valence-corrected chi connectivity index (χ0v) is 24.2. The second-order valence-electron chi connectivity index (χ2n) is 11.3. The standard InChI is InChI=1S/C32H34ClN3O4/c1-18-16-23-27(20-10-12-22(33)13-11-20)26(30(31(38)39)40-32(3,4)5)19(2)28-29(23)35(18)14-15-36(28)25(37)17-21-8-6-7-9-24(21)34/h6-13,16,30H,14-15,17,34H2,1-5H3,(H,38,39)/t30-/m0/s1. The summed E-state index contributed by atoms with van der Waals surface area (Å²) in [4.78, 5) is 28.5. The summed E-state index contributed by atoms with van der Waals surface area (Å²) >= 11 is 6.23. The van der Waals surface area contributed by atoms with Gasteiger partial charge < -0.3 is 25.0 Å². The van der Waals surface area contributed by atoms with Crippen LogP contribution >= 0.6 is 11.6 Å². The van der Waals surface area contributed by atoms with Gasteiger partial charge >= 0.3 is 5.97 Å². The van der Waals surface area contributed by atoms with Gasteiger partial charge in [0.2, 0.25) is 5.91 Å². The quantitative estimate of drug-likeness (QED) is 0.256. The lowest BCUT2D eigenvalue weighted by molar-refractivity contribution is -0.160. The summed E-state index contributed by atoms with van der Waals surface area (Å²) in [6, 6.07) is 16.8. The first kappa shape index (κ1) is 27.7. The summed E-state index contributed by atoms with van der Waals surface area (Å²) in [6.45, 7) is 10.5. The van der Waals surface area contributed by atoms with Gasteiger partial charge in [-0.15, -0.1) is 0 Å². The van der Waals surface area contributed by atoms with Crippen molar-refractivity contribution >= 4 is 45.8 Å². The highest BCUT2D eigenvalue weighted by Gasteiger charge is 2.37. The van der Waals surface area contributed by atoms with Crippen LogP contribution in [0, 0.1) is 13.8 Å². The highest BCUT2D eigenvalue weighted by molar-refractivity contribution is 6.30. The summed E-state index contributed by atoms with van der Waals surface area (Å²) in [5.74, 6) is -1.19. The molecule has 0 saturated carbocycles. The Morgan fingerprint density at radius 3 is 2.38 bits per heavy atom. The summed E-state index contributed by atoms with van der Waals surface area (Å²) in [6.07, 6.45) is -1.12. The first-order valence-electron chi connectivity index (χ1n) is 13.3. The smallest absolute Gasteiger partial charge is 0.337 e. The van der Waals surface area contributed by atoms with E-state index in [2.05, 4.69) is 10.6 Å². The molecule has 2 heterocycles. The van der Waals surface area contributed by atoms with E-state index < -0.39 is 17.7 Å². The van der Waals surface area contributed by atoms with Crippen molar-refractivity contribution in [1.82, 2.24) is 4.57 Å². The molecule has 5 rings (SSSR count). The summed E-state index contributed by atoms with van der Waals surface area (Å²) in [5, 5.41) is 12.0. The fraction of sp³-hybridized carbons (Fsp3) is 0.312. The van der Waals surface area contributed by atoms with Crippen molar-refractivity contribution in [2.45, 2.75) is 59.3 Å². The van der Waals surface area contributed by atoms with Gasteiger partial charge in [-0.1, -0.05) is 41.9 Å². The maximum Gasteiger partial charge on any atom is 0.337 e. The topological polar surface area (TPSA) is 97.8 Å². The number of hydrogen-bond donors (Lipinski definition) is 2. The number of amides is 1. The number of carboxylic acid groups (broad SMARTS) is 1. The van der Waals surface area contributed by atoms with E-state index in [4.69, 9.17) is 22.1 Å². The maximum atomic E-state index is 13.9. The number of carbonyl (C=O) groups excluding carboxylic acids is 1. The van der Waals surface area contributed by atoms with E-state index in [9.17, 15) is 14.7 Å². The molecule has 3 N–H and O–H groups in total. The van der Waals surface area contributed by atoms with Crippen LogP contribution in [-0.2, 0) is 27.3 Å². The molecule has 0 bridgehead atoms. The van der Waals surface area contributed by atoms with Crippen molar-refractivity contribution in [3.8, 4) is 11.1 Å². The molecule has 0 fully saturated rings. The van der Waals surface area contributed by atoms with Gasteiger partial charge in [0.15, 0.2) is 6.10 Å². The maximum absolute atomic E-state index is 13.9. The first-order valence-corrected chi connectivity index (χ1v) is 13.7. The molecule has 1 aliphatic rings. The number of nitrogen functional groups attached to an aromatic ring is 1. The Hall–Kier alpha value is -3.81. The number of aromatic nitrogens is 1. The molecule has 0 saturated heterocycles. The normalized spacial score (nSPS) is 14.0. The molecule has 40 heavy (non-hydrogen) atoms. The average Bonchev–Trinajstić information content (AvgIpc) is 3.22. The van der Waals surface area contributed by atoms with Crippen LogP contribution in [0.2, 0.25) is 5.02 Å². The van der Waals surface area contributed by atoms with Crippen molar-refractivity contribution in [3.63, 3.8) is 0 Å². The lowest BCUT2D eigenvalue weighted by Gasteiger charge is -2.35. The number of ether oxygens (including phenoxy) is 1. The molecule has 0 radical (unpaired) electrons. The highest BCUT2D eigenvalue weighted by atomic mass is 35.5. The van der Waals surface area contributed by atoms with Crippen LogP contribution < -0.4 is 10.6 Å². The van der Waals surface area contributed by atoms with Crippen molar-refractivity contribution < 1.29 is 19.4 Å². The average molecular weight is 560 g/mol. The molecule has 1 aliphatic heterocycles. The molecule has 0 aliphatic carbocycles. The minimum Gasteiger partial charge on any atom is -0.479 e. The van der Waals surface area contributed by atoms with Crippen LogP contribution in [-0.4, -0.2) is 33.7 Å². The van der Waals surface area contributed by atoms with Crippen LogP contribution in [0.15, 0.2) is 54.6 Å². The zero-order chi connectivity index (χ0) is 28.9. The number of para-hydroxylation sites is 1. The molecule has 1 amide bonds. The first-order chi connectivity index (χ1) is 18.9. The number of anilines is 2. The fourth-order valence-electron chi connectivity index (χ4n) is 5.74. The summed E-state index contributed by atoms with van der Waals surface area (Å²) in [5.41, 5.74) is 12.2. The fourth-order valence-corrected chi connectivity index (χ4v) is 5.86. The molecule has 3 aromatic carbocycles. The van der Waals surface area contributed by atoms with E-state index in [1.54, 1.807) is 23.1 Å². The van der Waals surface area contributed by atoms with Crippen molar-refractivity contribution in [2.24, 2.45) is 0 Å². The number of carbonyl (C=O) groups is 2. The second-order valence-corrected chi connectivity index (χ2v) is 11.8. The molecular weight excluding hydrogens is 526 g/mol. The third kappa shape index (κ3) is 4.95. The van der Waals surface area contributed by atoms with E-state index in [-0.39, 0.29) is 12.3 Å². The van der Waals surface area contributed by atoms with Crippen LogP contribution in [0.1, 0.15) is 49.3 Å². The van der Waals surface area contributed by atoms with Crippen LogP contribution in [0.5, 0.6) is 0 Å². The Balaban J connectivity index is 1.81. The van der Waals surface area contributed by atoms with Gasteiger partial charge in [-0.05, 0) is 81.1 Å². The van der Waals surface area contributed by atoms with Gasteiger partial charge in [0.05, 0.1) is 23.2 Å². The Morgan fingerprint density at radius 2 is 1.75 bits per heavy atom. The minimum atomic E-state index is -1.27. The molecular formula is C32H34ClN3O4. The molecule has 208 valence electrons. The van der Waals surface area contributed by atoms with Crippen molar-refractivity contribution in [2.75, 3.05) is 17.2 Å². The van der Waals surface area contributed by atoms with Gasteiger partial charge in [-0.25, -0.2) is 4.79 Å². The third-order valence-electron chi connectivity index (χ3n) is 7.43. The molecule has 7 nitrogen and oxygen atoms in total. The predicted octanol–water partition coefficient (Wildman–Crippen LogP) is 6.69. The van der Waals surface area contributed by atoms with E-state index >= 15 is 0 Å². The number of aryl methyl sites for hydroxylation is 1. The van der Waals surface area contributed by atoms with E-state index in [0.29, 0.717) is 40.6 Å². The molecule has 8 heteroatoms.